The average molecular weight is 338 g/mol. The fraction of sp³-hybridized carbons (Fsp3) is 0.438. The van der Waals surface area contributed by atoms with Crippen molar-refractivity contribution in [3.63, 3.8) is 0 Å². The highest BCUT2D eigenvalue weighted by Crippen LogP contribution is 2.29. The van der Waals surface area contributed by atoms with Crippen molar-refractivity contribution in [2.24, 2.45) is 0 Å². The molecule has 0 atom stereocenters. The number of hydrogen-bond acceptors (Lipinski definition) is 5. The summed E-state index contributed by atoms with van der Waals surface area (Å²) in [5.41, 5.74) is 0.461. The van der Waals surface area contributed by atoms with E-state index in [0.29, 0.717) is 18.7 Å². The van der Waals surface area contributed by atoms with Crippen LogP contribution in [-0.4, -0.2) is 38.9 Å². The van der Waals surface area contributed by atoms with E-state index in [4.69, 9.17) is 4.74 Å². The summed E-state index contributed by atoms with van der Waals surface area (Å²) in [6, 6.07) is 4.55. The molecule has 1 aromatic rings. The Hall–Kier alpha value is -1.86. The molecule has 1 saturated heterocycles. The van der Waals surface area contributed by atoms with Crippen molar-refractivity contribution < 1.29 is 23.1 Å². The number of carbonyl (C=O) groups is 1. The summed E-state index contributed by atoms with van der Waals surface area (Å²) in [5.74, 6) is -1.09. The molecule has 1 aromatic carbocycles. The van der Waals surface area contributed by atoms with Gasteiger partial charge in [-0.2, -0.15) is 4.31 Å². The number of methoxy groups -OCH3 is 1. The van der Waals surface area contributed by atoms with Crippen LogP contribution in [0.4, 0.5) is 0 Å². The molecule has 1 aliphatic rings. The SMILES string of the molecule is COc1ccc(/C=C\C(=O)[O-])cc1S(=O)(=O)N1CCCCCC1. The standard InChI is InChI=1S/C16H21NO5S/c1-22-14-8-6-13(7-9-16(18)19)12-15(14)23(20,21)17-10-4-2-3-5-11-17/h6-9,12H,2-5,10-11H2,1H3,(H,18,19)/p-1/b9-7-. The summed E-state index contributed by atoms with van der Waals surface area (Å²) in [5, 5.41) is 10.5. The van der Waals surface area contributed by atoms with Crippen molar-refractivity contribution in [1.82, 2.24) is 4.31 Å². The van der Waals surface area contributed by atoms with Crippen LogP contribution >= 0.6 is 0 Å². The van der Waals surface area contributed by atoms with E-state index in [1.54, 1.807) is 6.07 Å². The van der Waals surface area contributed by atoms with Crippen molar-refractivity contribution in [2.75, 3.05) is 20.2 Å². The van der Waals surface area contributed by atoms with Gasteiger partial charge in [0, 0.05) is 13.1 Å². The van der Waals surface area contributed by atoms with Crippen LogP contribution in [0.25, 0.3) is 6.08 Å². The highest BCUT2D eigenvalue weighted by molar-refractivity contribution is 7.89. The lowest BCUT2D eigenvalue weighted by Gasteiger charge is -2.21. The second-order valence-corrected chi connectivity index (χ2v) is 7.29. The van der Waals surface area contributed by atoms with Gasteiger partial charge in [-0.1, -0.05) is 25.0 Å². The zero-order valence-corrected chi connectivity index (χ0v) is 13.8. The number of sulfonamides is 1. The maximum Gasteiger partial charge on any atom is 0.246 e. The minimum Gasteiger partial charge on any atom is -0.545 e. The first-order valence-electron chi connectivity index (χ1n) is 7.52. The summed E-state index contributed by atoms with van der Waals surface area (Å²) in [6.07, 6.45) is 5.90. The van der Waals surface area contributed by atoms with E-state index in [0.717, 1.165) is 31.8 Å². The lowest BCUT2D eigenvalue weighted by Crippen LogP contribution is -2.32. The Morgan fingerprint density at radius 1 is 1.22 bits per heavy atom. The third kappa shape index (κ3) is 4.33. The zero-order valence-electron chi connectivity index (χ0n) is 13.0. The Morgan fingerprint density at radius 3 is 2.43 bits per heavy atom. The number of carboxylic acid groups (broad SMARTS) is 1. The molecule has 1 aliphatic heterocycles. The predicted molar refractivity (Wildman–Crippen MR) is 84.3 cm³/mol. The summed E-state index contributed by atoms with van der Waals surface area (Å²) >= 11 is 0. The summed E-state index contributed by atoms with van der Waals surface area (Å²) in [6.45, 7) is 0.981. The van der Waals surface area contributed by atoms with E-state index >= 15 is 0 Å². The lowest BCUT2D eigenvalue weighted by atomic mass is 10.2. The number of benzene rings is 1. The van der Waals surface area contributed by atoms with Gasteiger partial charge in [0.05, 0.1) is 13.1 Å². The number of ether oxygens (including phenoxy) is 1. The third-order valence-electron chi connectivity index (χ3n) is 3.78. The van der Waals surface area contributed by atoms with Crippen LogP contribution in [0.2, 0.25) is 0 Å². The van der Waals surface area contributed by atoms with Crippen molar-refractivity contribution in [3.05, 3.63) is 29.8 Å². The average Bonchev–Trinajstić information content (AvgIpc) is 2.82. The van der Waals surface area contributed by atoms with E-state index in [2.05, 4.69) is 0 Å². The van der Waals surface area contributed by atoms with Gasteiger partial charge < -0.3 is 14.6 Å². The molecule has 0 amide bonds. The second kappa shape index (κ2) is 7.61. The van der Waals surface area contributed by atoms with Gasteiger partial charge in [0.1, 0.15) is 10.6 Å². The van der Waals surface area contributed by atoms with Gasteiger partial charge in [0.2, 0.25) is 10.0 Å². The van der Waals surface area contributed by atoms with Gasteiger partial charge in [-0.25, -0.2) is 8.42 Å². The normalized spacial score (nSPS) is 17.1. The van der Waals surface area contributed by atoms with Crippen LogP contribution < -0.4 is 9.84 Å². The minimum atomic E-state index is -3.68. The smallest absolute Gasteiger partial charge is 0.246 e. The Bertz CT molecular complexity index is 688. The summed E-state index contributed by atoms with van der Waals surface area (Å²) < 4.78 is 32.5. The van der Waals surface area contributed by atoms with E-state index in [1.807, 2.05) is 0 Å². The molecule has 7 heteroatoms. The zero-order chi connectivity index (χ0) is 16.9. The lowest BCUT2D eigenvalue weighted by molar-refractivity contribution is -0.297. The summed E-state index contributed by atoms with van der Waals surface area (Å²) in [4.78, 5) is 10.6. The first-order valence-corrected chi connectivity index (χ1v) is 8.96. The van der Waals surface area contributed by atoms with E-state index in [-0.39, 0.29) is 10.6 Å². The maximum absolute atomic E-state index is 12.9. The molecule has 23 heavy (non-hydrogen) atoms. The molecular weight excluding hydrogens is 318 g/mol. The van der Waals surface area contributed by atoms with E-state index in [9.17, 15) is 18.3 Å². The molecule has 0 aliphatic carbocycles. The second-order valence-electron chi connectivity index (χ2n) is 5.38. The number of carboxylic acids is 1. The molecular formula is C16H20NO5S-. The van der Waals surface area contributed by atoms with Crippen molar-refractivity contribution >= 4 is 22.1 Å². The number of hydrogen-bond donors (Lipinski definition) is 0. The van der Waals surface area contributed by atoms with Gasteiger partial charge in [0.25, 0.3) is 0 Å². The third-order valence-corrected chi connectivity index (χ3v) is 5.70. The molecule has 0 spiro atoms. The fourth-order valence-corrected chi connectivity index (χ4v) is 4.29. The molecule has 6 nitrogen and oxygen atoms in total. The van der Waals surface area contributed by atoms with Gasteiger partial charge in [-0.05, 0) is 36.6 Å². The molecule has 0 bridgehead atoms. The van der Waals surface area contributed by atoms with Crippen LogP contribution in [0.3, 0.4) is 0 Å². The summed E-state index contributed by atoms with van der Waals surface area (Å²) in [7, 11) is -2.27. The molecule has 0 aromatic heterocycles. The van der Waals surface area contributed by atoms with Crippen LogP contribution in [0.5, 0.6) is 5.75 Å². The van der Waals surface area contributed by atoms with Gasteiger partial charge in [-0.3, -0.25) is 0 Å². The Labute approximate surface area is 136 Å². The fourth-order valence-electron chi connectivity index (χ4n) is 2.58. The molecule has 1 heterocycles. The monoisotopic (exact) mass is 338 g/mol. The first-order chi connectivity index (χ1) is 10.9. The molecule has 0 saturated carbocycles. The molecule has 2 rings (SSSR count). The first kappa shape index (κ1) is 17.5. The van der Waals surface area contributed by atoms with Crippen LogP contribution in [-0.2, 0) is 14.8 Å². The highest BCUT2D eigenvalue weighted by Gasteiger charge is 2.28. The van der Waals surface area contributed by atoms with Crippen LogP contribution in [0.1, 0.15) is 31.2 Å². The molecule has 1 fully saturated rings. The highest BCUT2D eigenvalue weighted by atomic mass is 32.2. The van der Waals surface area contributed by atoms with Gasteiger partial charge in [-0.15, -0.1) is 0 Å². The maximum atomic E-state index is 12.9. The van der Waals surface area contributed by atoms with Gasteiger partial charge >= 0.3 is 0 Å². The topological polar surface area (TPSA) is 86.7 Å². The number of aliphatic carboxylic acids is 1. The predicted octanol–water partition coefficient (Wildman–Crippen LogP) is 1.02. The van der Waals surface area contributed by atoms with E-state index in [1.165, 1.54) is 29.6 Å². The molecule has 0 radical (unpaired) electrons. The molecule has 0 N–H and O–H groups in total. The number of rotatable bonds is 5. The van der Waals surface area contributed by atoms with Crippen molar-refractivity contribution in [3.8, 4) is 5.75 Å². The van der Waals surface area contributed by atoms with Crippen LogP contribution in [0.15, 0.2) is 29.2 Å². The van der Waals surface area contributed by atoms with Crippen LogP contribution in [0, 0.1) is 0 Å². The number of nitrogens with zero attached hydrogens (tertiary/aromatic N) is 1. The van der Waals surface area contributed by atoms with E-state index < -0.39 is 16.0 Å². The van der Waals surface area contributed by atoms with Crippen molar-refractivity contribution in [2.45, 2.75) is 30.6 Å². The Balaban J connectivity index is 2.41. The van der Waals surface area contributed by atoms with Crippen molar-refractivity contribution in [1.29, 1.82) is 0 Å². The minimum absolute atomic E-state index is 0.0578. The number of carbonyl (C=O) groups excluding carboxylic acids is 1. The van der Waals surface area contributed by atoms with Gasteiger partial charge in [0.15, 0.2) is 0 Å². The Morgan fingerprint density at radius 2 is 1.87 bits per heavy atom. The molecule has 126 valence electrons. The quantitative estimate of drug-likeness (QED) is 0.748. The largest absolute Gasteiger partial charge is 0.545 e. The Kier molecular flexibility index (Phi) is 5.79. The molecule has 0 unspecified atom stereocenters.